The van der Waals surface area contributed by atoms with E-state index in [0.717, 1.165) is 13.1 Å². The molecule has 0 aliphatic carbocycles. The topological polar surface area (TPSA) is 50.4 Å². The van der Waals surface area contributed by atoms with Crippen LogP contribution in [0.15, 0.2) is 12.1 Å². The first-order valence-electron chi connectivity index (χ1n) is 6.34. The number of rotatable bonds is 5. The Labute approximate surface area is 130 Å². The van der Waals surface area contributed by atoms with Gasteiger partial charge in [-0.05, 0) is 31.1 Å². The summed E-state index contributed by atoms with van der Waals surface area (Å²) in [7, 11) is 0. The zero-order chi connectivity index (χ0) is 15.6. The van der Waals surface area contributed by atoms with Crippen molar-refractivity contribution in [2.75, 3.05) is 18.4 Å². The normalized spacial score (nSPS) is 16.5. The highest BCUT2D eigenvalue weighted by atomic mass is 35.5. The fraction of sp³-hybridized carbons (Fsp3) is 0.462. The number of benzene rings is 1. The molecule has 0 saturated carbocycles. The fourth-order valence-corrected chi connectivity index (χ4v) is 2.54. The average molecular weight is 339 g/mol. The van der Waals surface area contributed by atoms with Gasteiger partial charge in [-0.2, -0.15) is 8.78 Å². The van der Waals surface area contributed by atoms with Gasteiger partial charge >= 0.3 is 6.61 Å². The first-order valence-corrected chi connectivity index (χ1v) is 7.09. The monoisotopic (exact) mass is 338 g/mol. The van der Waals surface area contributed by atoms with Gasteiger partial charge in [-0.25, -0.2) is 0 Å². The minimum Gasteiger partial charge on any atom is -0.432 e. The Morgan fingerprint density at radius 1 is 1.38 bits per heavy atom. The highest BCUT2D eigenvalue weighted by Crippen LogP contribution is 2.37. The van der Waals surface area contributed by atoms with E-state index in [2.05, 4.69) is 15.4 Å². The van der Waals surface area contributed by atoms with Crippen LogP contribution >= 0.6 is 23.2 Å². The van der Waals surface area contributed by atoms with E-state index in [1.54, 1.807) is 0 Å². The van der Waals surface area contributed by atoms with E-state index in [-0.39, 0.29) is 33.5 Å². The number of nitrogens with one attached hydrogen (secondary N) is 2. The molecule has 8 heteroatoms. The number of alkyl halides is 2. The number of carbonyl (C=O) groups excluding carboxylic acids is 1. The number of hydrogen-bond acceptors (Lipinski definition) is 3. The molecule has 1 amide bonds. The molecule has 0 radical (unpaired) electrons. The molecule has 2 N–H and O–H groups in total. The molecule has 2 rings (SSSR count). The third-order valence-electron chi connectivity index (χ3n) is 3.41. The lowest BCUT2D eigenvalue weighted by molar-refractivity contribution is -0.121. The third kappa shape index (κ3) is 3.96. The molecule has 1 saturated heterocycles. The van der Waals surface area contributed by atoms with Crippen molar-refractivity contribution in [3.05, 3.63) is 22.2 Å². The molecule has 4 nitrogen and oxygen atoms in total. The van der Waals surface area contributed by atoms with Gasteiger partial charge in [0.2, 0.25) is 5.91 Å². The van der Waals surface area contributed by atoms with Crippen LogP contribution in [0.5, 0.6) is 5.75 Å². The largest absolute Gasteiger partial charge is 0.432 e. The third-order valence-corrected chi connectivity index (χ3v) is 3.97. The maximum Gasteiger partial charge on any atom is 0.387 e. The van der Waals surface area contributed by atoms with Crippen LogP contribution < -0.4 is 15.4 Å². The van der Waals surface area contributed by atoms with Crippen molar-refractivity contribution in [1.29, 1.82) is 0 Å². The van der Waals surface area contributed by atoms with Crippen LogP contribution in [0.4, 0.5) is 14.5 Å². The van der Waals surface area contributed by atoms with E-state index in [4.69, 9.17) is 23.2 Å². The molecule has 1 aliphatic rings. The smallest absolute Gasteiger partial charge is 0.387 e. The van der Waals surface area contributed by atoms with E-state index in [9.17, 15) is 13.6 Å². The Balaban J connectivity index is 2.08. The van der Waals surface area contributed by atoms with E-state index in [0.29, 0.717) is 5.69 Å². The maximum absolute atomic E-state index is 12.2. The quantitative estimate of drug-likeness (QED) is 0.865. The maximum atomic E-state index is 12.2. The summed E-state index contributed by atoms with van der Waals surface area (Å²) < 4.78 is 28.7. The van der Waals surface area contributed by atoms with Crippen molar-refractivity contribution >= 4 is 34.8 Å². The highest BCUT2D eigenvalue weighted by Gasteiger charge is 2.29. The summed E-state index contributed by atoms with van der Waals surface area (Å²) in [6.45, 7) is 0.416. The molecule has 1 aromatic rings. The lowest BCUT2D eigenvalue weighted by Gasteiger charge is -2.31. The molecule has 116 valence electrons. The van der Waals surface area contributed by atoms with Crippen LogP contribution in [0.25, 0.3) is 0 Å². The lowest BCUT2D eigenvalue weighted by atomic mass is 9.88. The van der Waals surface area contributed by atoms with Gasteiger partial charge in [-0.3, -0.25) is 4.79 Å². The lowest BCUT2D eigenvalue weighted by Crippen LogP contribution is -2.48. The average Bonchev–Trinajstić information content (AvgIpc) is 2.31. The van der Waals surface area contributed by atoms with Crippen molar-refractivity contribution in [2.24, 2.45) is 11.8 Å². The molecule has 1 unspecified atom stereocenters. The molecule has 1 aromatic carbocycles. The predicted molar refractivity (Wildman–Crippen MR) is 77.2 cm³/mol. The van der Waals surface area contributed by atoms with Crippen molar-refractivity contribution in [1.82, 2.24) is 5.32 Å². The molecule has 1 fully saturated rings. The van der Waals surface area contributed by atoms with Gasteiger partial charge in [0.25, 0.3) is 0 Å². The van der Waals surface area contributed by atoms with Gasteiger partial charge in [0.1, 0.15) is 0 Å². The van der Waals surface area contributed by atoms with Crippen LogP contribution in [-0.2, 0) is 4.79 Å². The van der Waals surface area contributed by atoms with Gasteiger partial charge in [0.05, 0.1) is 10.0 Å². The summed E-state index contributed by atoms with van der Waals surface area (Å²) in [4.78, 5) is 12.1. The Kier molecular flexibility index (Phi) is 5.24. The van der Waals surface area contributed by atoms with Crippen molar-refractivity contribution in [3.63, 3.8) is 0 Å². The zero-order valence-electron chi connectivity index (χ0n) is 11.1. The molecule has 1 aliphatic heterocycles. The van der Waals surface area contributed by atoms with E-state index >= 15 is 0 Å². The molecule has 0 spiro atoms. The first-order chi connectivity index (χ1) is 9.88. The SMILES string of the molecule is CC(C(=O)Nc1cc(Cl)c(OC(F)F)c(Cl)c1)C1CNC1. The minimum atomic E-state index is -3.02. The number of carbonyl (C=O) groups is 1. The predicted octanol–water partition coefficient (Wildman–Crippen LogP) is 3.39. The van der Waals surface area contributed by atoms with Crippen LogP contribution in [0.1, 0.15) is 6.92 Å². The van der Waals surface area contributed by atoms with E-state index in [1.807, 2.05) is 6.92 Å². The molecular formula is C13H14Cl2F2N2O2. The Morgan fingerprint density at radius 2 is 1.95 bits per heavy atom. The number of halogens is 4. The van der Waals surface area contributed by atoms with Gasteiger partial charge in [-0.15, -0.1) is 0 Å². The second-order valence-corrected chi connectivity index (χ2v) is 5.66. The summed E-state index contributed by atoms with van der Waals surface area (Å²) in [6, 6.07) is 2.66. The van der Waals surface area contributed by atoms with Gasteiger partial charge in [0, 0.05) is 11.6 Å². The molecule has 21 heavy (non-hydrogen) atoms. The molecule has 0 bridgehead atoms. The Morgan fingerprint density at radius 3 is 2.38 bits per heavy atom. The summed E-state index contributed by atoms with van der Waals surface area (Å²) in [5, 5.41) is 5.60. The molecule has 0 aromatic heterocycles. The zero-order valence-corrected chi connectivity index (χ0v) is 12.6. The molecule has 1 heterocycles. The van der Waals surface area contributed by atoms with E-state index in [1.165, 1.54) is 12.1 Å². The molecule has 1 atom stereocenters. The Bertz CT molecular complexity index is 516. The van der Waals surface area contributed by atoms with Crippen molar-refractivity contribution in [3.8, 4) is 5.75 Å². The Hall–Kier alpha value is -1.11. The van der Waals surface area contributed by atoms with Crippen molar-refractivity contribution in [2.45, 2.75) is 13.5 Å². The van der Waals surface area contributed by atoms with Crippen LogP contribution in [0, 0.1) is 11.8 Å². The van der Waals surface area contributed by atoms with Gasteiger partial charge < -0.3 is 15.4 Å². The fourth-order valence-electron chi connectivity index (χ4n) is 1.97. The number of ether oxygens (including phenoxy) is 1. The summed E-state index contributed by atoms with van der Waals surface area (Å²) in [5.41, 5.74) is 0.343. The van der Waals surface area contributed by atoms with Gasteiger partial charge in [-0.1, -0.05) is 30.1 Å². The highest BCUT2D eigenvalue weighted by molar-refractivity contribution is 6.37. The second-order valence-electron chi connectivity index (χ2n) is 4.84. The summed E-state index contributed by atoms with van der Waals surface area (Å²) in [5.74, 6) is -0.350. The number of hydrogen-bond donors (Lipinski definition) is 2. The number of amides is 1. The first kappa shape index (κ1) is 16.3. The summed E-state index contributed by atoms with van der Waals surface area (Å²) in [6.07, 6.45) is 0. The van der Waals surface area contributed by atoms with E-state index < -0.39 is 6.61 Å². The van der Waals surface area contributed by atoms with Gasteiger partial charge in [0.15, 0.2) is 5.75 Å². The summed E-state index contributed by atoms with van der Waals surface area (Å²) >= 11 is 11.7. The minimum absolute atomic E-state index is 0.0870. The number of anilines is 1. The van der Waals surface area contributed by atoms with Crippen LogP contribution in [0.2, 0.25) is 10.0 Å². The second kappa shape index (κ2) is 6.77. The standard InChI is InChI=1S/C13H14Cl2F2N2O2/c1-6(7-4-18-5-7)12(20)19-8-2-9(14)11(10(15)3-8)21-13(16)17/h2-3,6-7,13,18H,4-5H2,1H3,(H,19,20). The van der Waals surface area contributed by atoms with Crippen LogP contribution in [0.3, 0.4) is 0 Å². The van der Waals surface area contributed by atoms with Crippen molar-refractivity contribution < 1.29 is 18.3 Å². The molecular weight excluding hydrogens is 325 g/mol. The van der Waals surface area contributed by atoms with Crippen LogP contribution in [-0.4, -0.2) is 25.6 Å².